The Morgan fingerprint density at radius 1 is 1.22 bits per heavy atom. The molecule has 8 heteroatoms. The number of halogens is 2. The fourth-order valence-electron chi connectivity index (χ4n) is 2.74. The molecule has 1 saturated heterocycles. The second kappa shape index (κ2) is 7.74. The van der Waals surface area contributed by atoms with Gasteiger partial charge in [0.2, 0.25) is 0 Å². The Morgan fingerprint density at radius 2 is 1.96 bits per heavy atom. The van der Waals surface area contributed by atoms with Gasteiger partial charge >= 0.3 is 6.03 Å². The average molecular weight is 496 g/mol. The van der Waals surface area contributed by atoms with Gasteiger partial charge in [0.25, 0.3) is 5.91 Å². The highest BCUT2D eigenvalue weighted by atomic mass is 79.9. The van der Waals surface area contributed by atoms with E-state index in [-0.39, 0.29) is 23.7 Å². The minimum Gasteiger partial charge on any atom is -0.503 e. The molecule has 1 aliphatic rings. The summed E-state index contributed by atoms with van der Waals surface area (Å²) >= 11 is 6.64. The number of amides is 3. The second-order valence-corrected chi connectivity index (χ2v) is 7.60. The number of hydrogen-bond acceptors (Lipinski definition) is 4. The molecule has 1 fully saturated rings. The molecule has 2 N–H and O–H groups in total. The van der Waals surface area contributed by atoms with E-state index in [0.717, 1.165) is 16.0 Å². The second-order valence-electron chi connectivity index (χ2n) is 6.01. The number of carbonyl (C=O) groups excluding carboxylic acids is 2. The van der Waals surface area contributed by atoms with Gasteiger partial charge in [0, 0.05) is 4.47 Å². The van der Waals surface area contributed by atoms with E-state index in [9.17, 15) is 14.7 Å². The molecular weight excluding hydrogens is 480 g/mol. The zero-order chi connectivity index (χ0) is 19.7. The van der Waals surface area contributed by atoms with Gasteiger partial charge in [-0.3, -0.25) is 9.69 Å². The molecule has 0 radical (unpaired) electrons. The lowest BCUT2D eigenvalue weighted by molar-refractivity contribution is -0.123. The number of nitrogens with one attached hydrogen (secondary N) is 1. The number of phenolic OH excluding ortho intramolecular Hbond substituents is 1. The summed E-state index contributed by atoms with van der Waals surface area (Å²) in [6.45, 7) is 2.14. The van der Waals surface area contributed by atoms with E-state index in [1.54, 1.807) is 6.07 Å². The summed E-state index contributed by atoms with van der Waals surface area (Å²) in [5.41, 5.74) is 2.64. The van der Waals surface area contributed by atoms with Crippen LogP contribution in [0.25, 0.3) is 6.08 Å². The van der Waals surface area contributed by atoms with E-state index in [0.29, 0.717) is 14.5 Å². The van der Waals surface area contributed by atoms with Gasteiger partial charge in [-0.25, -0.2) is 4.79 Å². The van der Waals surface area contributed by atoms with Crippen LogP contribution in [-0.2, 0) is 11.3 Å². The molecule has 1 heterocycles. The molecule has 0 bridgehead atoms. The molecule has 6 nitrogen and oxygen atoms in total. The molecule has 2 aromatic carbocycles. The lowest BCUT2D eigenvalue weighted by atomic mass is 10.1. The smallest absolute Gasteiger partial charge is 0.329 e. The molecule has 2 aromatic rings. The number of hydrogen-bond donors (Lipinski definition) is 2. The van der Waals surface area contributed by atoms with Crippen molar-refractivity contribution >= 4 is 49.9 Å². The van der Waals surface area contributed by atoms with E-state index in [2.05, 4.69) is 37.2 Å². The van der Waals surface area contributed by atoms with Crippen LogP contribution < -0.4 is 10.1 Å². The molecule has 3 amide bonds. The maximum Gasteiger partial charge on any atom is 0.329 e. The number of carbonyl (C=O) groups is 2. The number of urea groups is 1. The summed E-state index contributed by atoms with van der Waals surface area (Å²) in [6.07, 6.45) is 1.54. The van der Waals surface area contributed by atoms with Gasteiger partial charge < -0.3 is 15.2 Å². The molecule has 0 spiro atoms. The number of benzene rings is 2. The molecule has 0 unspecified atom stereocenters. The summed E-state index contributed by atoms with van der Waals surface area (Å²) in [4.78, 5) is 26.1. The van der Waals surface area contributed by atoms with Gasteiger partial charge in [0.05, 0.1) is 18.1 Å². The van der Waals surface area contributed by atoms with Crippen LogP contribution in [-0.4, -0.2) is 29.1 Å². The Hall–Kier alpha value is -2.32. The monoisotopic (exact) mass is 494 g/mol. The van der Waals surface area contributed by atoms with E-state index in [1.807, 2.05) is 31.2 Å². The van der Waals surface area contributed by atoms with E-state index in [1.165, 1.54) is 13.2 Å². The number of rotatable bonds is 4. The zero-order valence-corrected chi connectivity index (χ0v) is 17.7. The van der Waals surface area contributed by atoms with Gasteiger partial charge in [0.15, 0.2) is 11.5 Å². The van der Waals surface area contributed by atoms with Gasteiger partial charge in [-0.1, -0.05) is 29.8 Å². The Labute approximate surface area is 173 Å². The van der Waals surface area contributed by atoms with Crippen LogP contribution in [0.3, 0.4) is 0 Å². The summed E-state index contributed by atoms with van der Waals surface area (Å²) in [7, 11) is 1.43. The minimum absolute atomic E-state index is 0.0608. The molecule has 0 aromatic heterocycles. The van der Waals surface area contributed by atoms with Gasteiger partial charge in [-0.15, -0.1) is 0 Å². The third kappa shape index (κ3) is 3.86. The minimum atomic E-state index is -0.478. The Kier molecular flexibility index (Phi) is 5.57. The third-order valence-corrected chi connectivity index (χ3v) is 6.24. The standard InChI is InChI=1S/C19H16Br2N2O4/c1-10-4-3-5-11(6-10)9-23-18(25)13(22-19(23)26)7-12-8-14(27-2)17(24)16(21)15(12)20/h3-8,24H,9H2,1-2H3,(H,22,26)/b13-7+. The maximum absolute atomic E-state index is 12.7. The first-order chi connectivity index (χ1) is 12.8. The Morgan fingerprint density at radius 3 is 2.63 bits per heavy atom. The summed E-state index contributed by atoms with van der Waals surface area (Å²) in [5, 5.41) is 12.6. The van der Waals surface area contributed by atoms with Crippen LogP contribution >= 0.6 is 31.9 Å². The topological polar surface area (TPSA) is 78.9 Å². The van der Waals surface area contributed by atoms with Crippen LogP contribution in [0, 0.1) is 6.92 Å². The number of phenols is 1. The van der Waals surface area contributed by atoms with E-state index in [4.69, 9.17) is 4.74 Å². The Bertz CT molecular complexity index is 972. The first-order valence-electron chi connectivity index (χ1n) is 7.97. The van der Waals surface area contributed by atoms with Crippen molar-refractivity contribution in [1.82, 2.24) is 10.2 Å². The van der Waals surface area contributed by atoms with E-state index < -0.39 is 11.9 Å². The van der Waals surface area contributed by atoms with E-state index >= 15 is 0 Å². The molecule has 3 rings (SSSR count). The van der Waals surface area contributed by atoms with Crippen LogP contribution in [0.1, 0.15) is 16.7 Å². The normalized spacial score (nSPS) is 15.4. The van der Waals surface area contributed by atoms with Crippen molar-refractivity contribution in [3.63, 3.8) is 0 Å². The number of methoxy groups -OCH3 is 1. The fourth-order valence-corrected chi connectivity index (χ4v) is 3.58. The summed E-state index contributed by atoms with van der Waals surface area (Å²) < 4.78 is 6.06. The van der Waals surface area contributed by atoms with Gasteiger partial charge in [0.1, 0.15) is 5.70 Å². The number of aryl methyl sites for hydroxylation is 1. The summed E-state index contributed by atoms with van der Waals surface area (Å²) in [5.74, 6) is -0.240. The summed E-state index contributed by atoms with van der Waals surface area (Å²) in [6, 6.07) is 8.73. The maximum atomic E-state index is 12.7. The quantitative estimate of drug-likeness (QED) is 0.488. The lowest BCUT2D eigenvalue weighted by Gasteiger charge is -2.12. The molecule has 1 aliphatic heterocycles. The lowest BCUT2D eigenvalue weighted by Crippen LogP contribution is -2.30. The number of nitrogens with zero attached hydrogens (tertiary/aromatic N) is 1. The highest BCUT2D eigenvalue weighted by molar-refractivity contribution is 9.13. The van der Waals surface area contributed by atoms with Gasteiger partial charge in [-0.05, 0) is 62.1 Å². The molecule has 0 saturated carbocycles. The Balaban J connectivity index is 1.92. The molecule has 0 aliphatic carbocycles. The molecule has 27 heavy (non-hydrogen) atoms. The predicted octanol–water partition coefficient (Wildman–Crippen LogP) is 4.33. The van der Waals surface area contributed by atoms with Crippen LogP contribution in [0.15, 0.2) is 45.0 Å². The highest BCUT2D eigenvalue weighted by Gasteiger charge is 2.33. The fraction of sp³-hybridized carbons (Fsp3) is 0.158. The molecule has 140 valence electrons. The first-order valence-corrected chi connectivity index (χ1v) is 9.55. The SMILES string of the molecule is COc1cc(/C=C2/NC(=O)N(Cc3cccc(C)c3)C2=O)c(Br)c(Br)c1O. The third-order valence-electron chi connectivity index (χ3n) is 4.08. The van der Waals surface area contributed by atoms with Crippen LogP contribution in [0.4, 0.5) is 4.79 Å². The van der Waals surface area contributed by atoms with Crippen molar-refractivity contribution in [1.29, 1.82) is 0 Å². The van der Waals surface area contributed by atoms with Crippen molar-refractivity contribution in [3.8, 4) is 11.5 Å². The molecular formula is C19H16Br2N2O4. The number of aromatic hydroxyl groups is 1. The number of imide groups is 1. The van der Waals surface area contributed by atoms with Crippen molar-refractivity contribution in [2.24, 2.45) is 0 Å². The highest BCUT2D eigenvalue weighted by Crippen LogP contribution is 2.42. The van der Waals surface area contributed by atoms with Crippen molar-refractivity contribution in [2.75, 3.05) is 7.11 Å². The average Bonchev–Trinajstić information content (AvgIpc) is 2.89. The van der Waals surface area contributed by atoms with Crippen LogP contribution in [0.2, 0.25) is 0 Å². The first kappa shape index (κ1) is 19.4. The van der Waals surface area contributed by atoms with Crippen LogP contribution in [0.5, 0.6) is 11.5 Å². The largest absolute Gasteiger partial charge is 0.503 e. The number of ether oxygens (including phenoxy) is 1. The zero-order valence-electron chi connectivity index (χ0n) is 14.5. The molecule has 0 atom stereocenters. The van der Waals surface area contributed by atoms with Gasteiger partial charge in [-0.2, -0.15) is 0 Å². The van der Waals surface area contributed by atoms with Crippen molar-refractivity contribution < 1.29 is 19.4 Å². The predicted molar refractivity (Wildman–Crippen MR) is 108 cm³/mol. The van der Waals surface area contributed by atoms with Crippen molar-refractivity contribution in [2.45, 2.75) is 13.5 Å². The van der Waals surface area contributed by atoms with Crippen molar-refractivity contribution in [3.05, 3.63) is 61.7 Å².